The zero-order valence-electron chi connectivity index (χ0n) is 11.2. The van der Waals surface area contributed by atoms with Gasteiger partial charge in [-0.25, -0.2) is 0 Å². The molecule has 1 N–H and O–H groups in total. The molecule has 6 nitrogen and oxygen atoms in total. The van der Waals surface area contributed by atoms with Gasteiger partial charge in [0, 0.05) is 13.3 Å². The highest BCUT2D eigenvalue weighted by atomic mass is 19.3. The monoisotopic (exact) mass is 298 g/mol. The first kappa shape index (κ1) is 15.0. The molecule has 0 saturated heterocycles. The van der Waals surface area contributed by atoms with Gasteiger partial charge in [-0.15, -0.1) is 8.78 Å². The van der Waals surface area contributed by atoms with Crippen molar-refractivity contribution in [1.82, 2.24) is 0 Å². The van der Waals surface area contributed by atoms with Crippen molar-refractivity contribution >= 4 is 23.4 Å². The largest absolute Gasteiger partial charge is 0.586 e. The van der Waals surface area contributed by atoms with E-state index in [-0.39, 0.29) is 22.9 Å². The van der Waals surface area contributed by atoms with E-state index in [0.29, 0.717) is 0 Å². The first-order chi connectivity index (χ1) is 9.84. The molecule has 0 spiro atoms. The minimum absolute atomic E-state index is 0.0714. The third-order valence-corrected chi connectivity index (χ3v) is 2.64. The molecule has 8 heteroatoms. The Kier molecular flexibility index (Phi) is 3.99. The van der Waals surface area contributed by atoms with Gasteiger partial charge in [0.15, 0.2) is 17.6 Å². The summed E-state index contributed by atoms with van der Waals surface area (Å²) in [7, 11) is 1.28. The molecule has 112 valence electrons. The van der Waals surface area contributed by atoms with E-state index in [1.54, 1.807) is 0 Å². The molecule has 1 aliphatic heterocycles. The second-order valence-corrected chi connectivity index (χ2v) is 4.20. The van der Waals surface area contributed by atoms with Crippen molar-refractivity contribution in [1.29, 1.82) is 5.41 Å². The predicted molar refractivity (Wildman–Crippen MR) is 70.0 cm³/mol. The lowest BCUT2D eigenvalue weighted by atomic mass is 10.2. The number of rotatable bonds is 5. The Hall–Kier alpha value is -2.35. The predicted octanol–water partition coefficient (Wildman–Crippen LogP) is 2.33. The zero-order chi connectivity index (χ0) is 15.6. The fourth-order valence-electron chi connectivity index (χ4n) is 1.65. The highest BCUT2D eigenvalue weighted by molar-refractivity contribution is 6.42. The van der Waals surface area contributed by atoms with Gasteiger partial charge in [0.25, 0.3) is 0 Å². The Labute approximate surface area is 118 Å². The number of nitrogens with one attached hydrogen (secondary N) is 1. The van der Waals surface area contributed by atoms with Gasteiger partial charge in [-0.2, -0.15) is 0 Å². The number of aliphatic imine (C=N–C) groups is 1. The molecule has 0 fully saturated rings. The molecule has 0 amide bonds. The molecule has 1 atom stereocenters. The van der Waals surface area contributed by atoms with E-state index < -0.39 is 18.2 Å². The standard InChI is InChI=1S/C13H12F2N2O4/c1-7(16)11(18)10(19-2)6-17-8-4-3-5-9-12(8)21-13(14,15)20-9/h3-6,10,16H,1-2H3. The maximum atomic E-state index is 13.0. The van der Waals surface area contributed by atoms with E-state index in [2.05, 4.69) is 14.5 Å². The van der Waals surface area contributed by atoms with Crippen molar-refractivity contribution in [2.75, 3.05) is 7.11 Å². The van der Waals surface area contributed by atoms with Crippen LogP contribution in [0.15, 0.2) is 23.2 Å². The molecule has 0 saturated carbocycles. The van der Waals surface area contributed by atoms with E-state index in [0.717, 1.165) is 6.21 Å². The number of methoxy groups -OCH3 is 1. The van der Waals surface area contributed by atoms with Crippen LogP contribution in [0.25, 0.3) is 0 Å². The number of hydrogen-bond acceptors (Lipinski definition) is 6. The second-order valence-electron chi connectivity index (χ2n) is 4.20. The number of ketones is 1. The summed E-state index contributed by atoms with van der Waals surface area (Å²) >= 11 is 0. The molecular formula is C13H12F2N2O4. The van der Waals surface area contributed by atoms with Crippen molar-refractivity contribution in [2.45, 2.75) is 19.3 Å². The first-order valence-electron chi connectivity index (χ1n) is 5.89. The molecule has 21 heavy (non-hydrogen) atoms. The van der Waals surface area contributed by atoms with Crippen LogP contribution in [0.3, 0.4) is 0 Å². The quantitative estimate of drug-likeness (QED) is 0.846. The lowest BCUT2D eigenvalue weighted by molar-refractivity contribution is -0.286. The van der Waals surface area contributed by atoms with Gasteiger partial charge in [0.2, 0.25) is 5.78 Å². The fourth-order valence-corrected chi connectivity index (χ4v) is 1.65. The van der Waals surface area contributed by atoms with Crippen molar-refractivity contribution in [3.05, 3.63) is 18.2 Å². The van der Waals surface area contributed by atoms with Crippen LogP contribution in [0.5, 0.6) is 11.5 Å². The fraction of sp³-hybridized carbons (Fsp3) is 0.308. The Morgan fingerprint density at radius 3 is 2.81 bits per heavy atom. The van der Waals surface area contributed by atoms with Gasteiger partial charge >= 0.3 is 6.29 Å². The molecule has 1 heterocycles. The Bertz CT molecular complexity index is 616. The molecule has 0 radical (unpaired) electrons. The van der Waals surface area contributed by atoms with Crippen molar-refractivity contribution in [3.8, 4) is 11.5 Å². The van der Waals surface area contributed by atoms with E-state index in [1.165, 1.54) is 32.2 Å². The number of fused-ring (bicyclic) bond motifs is 1. The van der Waals surface area contributed by atoms with Crippen molar-refractivity contribution < 1.29 is 27.8 Å². The molecular weight excluding hydrogens is 286 g/mol. The second kappa shape index (κ2) is 5.57. The van der Waals surface area contributed by atoms with Gasteiger partial charge in [0.05, 0.1) is 5.71 Å². The number of Topliss-reactive ketones (excluding diaryl/α,β-unsaturated/α-hetero) is 1. The van der Waals surface area contributed by atoms with Crippen LogP contribution < -0.4 is 9.47 Å². The average molecular weight is 298 g/mol. The molecule has 0 aliphatic carbocycles. The number of para-hydroxylation sites is 1. The summed E-state index contributed by atoms with van der Waals surface area (Å²) in [5.41, 5.74) is -0.125. The Balaban J connectivity index is 2.25. The van der Waals surface area contributed by atoms with Gasteiger partial charge in [-0.05, 0) is 19.1 Å². The summed E-state index contributed by atoms with van der Waals surface area (Å²) in [5, 5.41) is 7.26. The third kappa shape index (κ3) is 3.22. The van der Waals surface area contributed by atoms with Crippen molar-refractivity contribution in [2.24, 2.45) is 4.99 Å². The average Bonchev–Trinajstić information content (AvgIpc) is 2.73. The molecule has 1 unspecified atom stereocenters. The lowest BCUT2D eigenvalue weighted by Crippen LogP contribution is -2.29. The molecule has 0 bridgehead atoms. The van der Waals surface area contributed by atoms with Crippen LogP contribution in [-0.4, -0.2) is 37.2 Å². The summed E-state index contributed by atoms with van der Waals surface area (Å²) in [6.45, 7) is 1.32. The lowest BCUT2D eigenvalue weighted by Gasteiger charge is -2.08. The van der Waals surface area contributed by atoms with Crippen LogP contribution in [0.1, 0.15) is 6.92 Å². The van der Waals surface area contributed by atoms with Crippen LogP contribution in [0.2, 0.25) is 0 Å². The van der Waals surface area contributed by atoms with Crippen LogP contribution in [-0.2, 0) is 9.53 Å². The minimum atomic E-state index is -3.74. The summed E-state index contributed by atoms with van der Waals surface area (Å²) in [5.74, 6) is -0.929. The smallest absolute Gasteiger partial charge is 0.395 e. The molecule has 1 aromatic rings. The minimum Gasteiger partial charge on any atom is -0.395 e. The van der Waals surface area contributed by atoms with Crippen LogP contribution in [0, 0.1) is 5.41 Å². The summed E-state index contributed by atoms with van der Waals surface area (Å²) in [6, 6.07) is 4.20. The van der Waals surface area contributed by atoms with E-state index in [9.17, 15) is 13.6 Å². The SMILES string of the molecule is COC(C=Nc1cccc2c1OC(F)(F)O2)C(=O)C(C)=N. The highest BCUT2D eigenvalue weighted by Gasteiger charge is 2.44. The molecule has 1 aliphatic rings. The maximum Gasteiger partial charge on any atom is 0.586 e. The number of benzene rings is 1. The summed E-state index contributed by atoms with van der Waals surface area (Å²) in [6.07, 6.45) is -3.69. The van der Waals surface area contributed by atoms with Gasteiger partial charge in [-0.3, -0.25) is 9.79 Å². The number of nitrogens with zero attached hydrogens (tertiary/aromatic N) is 1. The molecule has 1 aromatic carbocycles. The normalized spacial score (nSPS) is 17.0. The third-order valence-electron chi connectivity index (χ3n) is 2.64. The van der Waals surface area contributed by atoms with Crippen LogP contribution in [0.4, 0.5) is 14.5 Å². The van der Waals surface area contributed by atoms with E-state index in [1.807, 2.05) is 0 Å². The first-order valence-corrected chi connectivity index (χ1v) is 5.89. The molecule has 0 aromatic heterocycles. The van der Waals surface area contributed by atoms with Crippen LogP contribution >= 0.6 is 0 Å². The topological polar surface area (TPSA) is 81.0 Å². The Morgan fingerprint density at radius 2 is 2.19 bits per heavy atom. The van der Waals surface area contributed by atoms with E-state index in [4.69, 9.17) is 10.1 Å². The Morgan fingerprint density at radius 1 is 1.48 bits per heavy atom. The number of hydrogen-bond donors (Lipinski definition) is 1. The zero-order valence-corrected chi connectivity index (χ0v) is 11.2. The number of carbonyl (C=O) groups is 1. The summed E-state index contributed by atoms with van der Waals surface area (Å²) in [4.78, 5) is 15.5. The summed E-state index contributed by atoms with van der Waals surface area (Å²) < 4.78 is 39.6. The van der Waals surface area contributed by atoms with Crippen molar-refractivity contribution in [3.63, 3.8) is 0 Å². The van der Waals surface area contributed by atoms with Gasteiger partial charge < -0.3 is 19.6 Å². The van der Waals surface area contributed by atoms with E-state index >= 15 is 0 Å². The molecule has 2 rings (SSSR count). The van der Waals surface area contributed by atoms with Gasteiger partial charge in [-0.1, -0.05) is 6.07 Å². The number of halogens is 2. The number of carbonyl (C=O) groups excluding carboxylic acids is 1. The maximum absolute atomic E-state index is 13.0. The number of ether oxygens (including phenoxy) is 3. The van der Waals surface area contributed by atoms with Gasteiger partial charge in [0.1, 0.15) is 5.69 Å². The number of alkyl halides is 2. The highest BCUT2D eigenvalue weighted by Crippen LogP contribution is 2.46.